The first-order valence-corrected chi connectivity index (χ1v) is 3.05. The molecule has 0 unspecified atom stereocenters. The molecule has 2 heteroatoms. The summed E-state index contributed by atoms with van der Waals surface area (Å²) in [6.07, 6.45) is 1.66. The van der Waals surface area contributed by atoms with E-state index in [1.54, 1.807) is 6.92 Å². The van der Waals surface area contributed by atoms with Gasteiger partial charge in [-0.2, -0.15) is 0 Å². The van der Waals surface area contributed by atoms with Gasteiger partial charge >= 0.3 is 0 Å². The molecule has 0 saturated heterocycles. The van der Waals surface area contributed by atoms with Crippen LogP contribution in [-0.2, 0) is 4.79 Å². The monoisotopic (exact) mass is 125 g/mol. The van der Waals surface area contributed by atoms with Crippen molar-refractivity contribution in [3.05, 3.63) is 12.2 Å². The summed E-state index contributed by atoms with van der Waals surface area (Å²) in [5.41, 5.74) is 5.65. The van der Waals surface area contributed by atoms with Gasteiger partial charge in [0, 0.05) is 0 Å². The van der Waals surface area contributed by atoms with Crippen molar-refractivity contribution in [2.45, 2.75) is 25.3 Å². The van der Waals surface area contributed by atoms with Gasteiger partial charge in [0.1, 0.15) is 0 Å². The van der Waals surface area contributed by atoms with Gasteiger partial charge < -0.3 is 5.73 Å². The lowest BCUT2D eigenvalue weighted by Gasteiger charge is -2.04. The van der Waals surface area contributed by atoms with Gasteiger partial charge in [-0.1, -0.05) is 6.58 Å². The minimum Gasteiger partial charge on any atom is -0.319 e. The normalized spacial score (nSPS) is 21.1. The Morgan fingerprint density at radius 2 is 2.11 bits per heavy atom. The van der Waals surface area contributed by atoms with Gasteiger partial charge in [0.2, 0.25) is 0 Å². The predicted molar refractivity (Wildman–Crippen MR) is 36.0 cm³/mol. The van der Waals surface area contributed by atoms with Crippen LogP contribution in [0.4, 0.5) is 0 Å². The van der Waals surface area contributed by atoms with Crippen molar-refractivity contribution in [3.63, 3.8) is 0 Å². The summed E-state index contributed by atoms with van der Waals surface area (Å²) in [5.74, 6) is 0.0301. The second kappa shape index (κ2) is 1.67. The average Bonchev–Trinajstić information content (AvgIpc) is 2.47. The molecule has 9 heavy (non-hydrogen) atoms. The number of nitrogens with two attached hydrogens (primary N) is 1. The first-order valence-electron chi connectivity index (χ1n) is 3.05. The van der Waals surface area contributed by atoms with Crippen molar-refractivity contribution >= 4 is 5.78 Å². The predicted octanol–water partition coefficient (Wildman–Crippen LogP) is 0.623. The molecule has 0 aromatic heterocycles. The van der Waals surface area contributed by atoms with Crippen LogP contribution in [0.25, 0.3) is 0 Å². The zero-order valence-corrected chi connectivity index (χ0v) is 5.61. The lowest BCUT2D eigenvalue weighted by atomic mass is 10.1. The fourth-order valence-corrected chi connectivity index (χ4v) is 0.787. The SMILES string of the molecule is C=C(C)C(=O)C1(N)CC1. The second-order valence-electron chi connectivity index (χ2n) is 2.77. The largest absolute Gasteiger partial charge is 0.319 e. The highest BCUT2D eigenvalue weighted by atomic mass is 16.1. The molecule has 0 radical (unpaired) electrons. The molecule has 2 nitrogen and oxygen atoms in total. The maximum absolute atomic E-state index is 11.0. The van der Waals surface area contributed by atoms with E-state index >= 15 is 0 Å². The Labute approximate surface area is 54.7 Å². The van der Waals surface area contributed by atoms with Crippen molar-refractivity contribution in [1.29, 1.82) is 0 Å². The summed E-state index contributed by atoms with van der Waals surface area (Å²) in [6.45, 7) is 5.24. The third-order valence-corrected chi connectivity index (χ3v) is 1.63. The zero-order valence-electron chi connectivity index (χ0n) is 5.61. The molecule has 0 aromatic carbocycles. The number of hydrogen-bond acceptors (Lipinski definition) is 2. The number of ketones is 1. The molecule has 0 bridgehead atoms. The van der Waals surface area contributed by atoms with E-state index in [-0.39, 0.29) is 5.78 Å². The van der Waals surface area contributed by atoms with E-state index < -0.39 is 5.54 Å². The third kappa shape index (κ3) is 1.03. The molecule has 1 rings (SSSR count). The standard InChI is InChI=1S/C7H11NO/c1-5(2)6(9)7(8)3-4-7/h1,3-4,8H2,2H3. The molecule has 1 fully saturated rings. The van der Waals surface area contributed by atoms with Crippen LogP contribution >= 0.6 is 0 Å². The molecular weight excluding hydrogens is 114 g/mol. The van der Waals surface area contributed by atoms with E-state index in [0.29, 0.717) is 5.57 Å². The maximum Gasteiger partial charge on any atom is 0.177 e. The van der Waals surface area contributed by atoms with Crippen LogP contribution in [0.2, 0.25) is 0 Å². The Morgan fingerprint density at radius 3 is 2.22 bits per heavy atom. The Morgan fingerprint density at radius 1 is 1.67 bits per heavy atom. The van der Waals surface area contributed by atoms with Crippen LogP contribution in [0.1, 0.15) is 19.8 Å². The van der Waals surface area contributed by atoms with Crippen LogP contribution in [0.5, 0.6) is 0 Å². The highest BCUT2D eigenvalue weighted by molar-refractivity contribution is 6.03. The highest BCUT2D eigenvalue weighted by Gasteiger charge is 2.45. The van der Waals surface area contributed by atoms with Crippen LogP contribution in [0.3, 0.4) is 0 Å². The number of carbonyl (C=O) groups is 1. The molecule has 0 aliphatic heterocycles. The lowest BCUT2D eigenvalue weighted by Crippen LogP contribution is -2.32. The Balaban J connectivity index is 2.63. The van der Waals surface area contributed by atoms with Gasteiger partial charge in [0.15, 0.2) is 5.78 Å². The smallest absolute Gasteiger partial charge is 0.177 e. The van der Waals surface area contributed by atoms with Crippen LogP contribution in [-0.4, -0.2) is 11.3 Å². The molecule has 0 heterocycles. The van der Waals surface area contributed by atoms with Crippen LogP contribution in [0.15, 0.2) is 12.2 Å². The molecule has 2 N–H and O–H groups in total. The molecule has 0 aromatic rings. The summed E-state index contributed by atoms with van der Waals surface area (Å²) in [6, 6.07) is 0. The Bertz CT molecular complexity index is 168. The van der Waals surface area contributed by atoms with Gasteiger partial charge in [0.05, 0.1) is 5.54 Å². The van der Waals surface area contributed by atoms with Crippen LogP contribution in [0, 0.1) is 0 Å². The third-order valence-electron chi connectivity index (χ3n) is 1.63. The number of rotatable bonds is 2. The topological polar surface area (TPSA) is 43.1 Å². The van der Waals surface area contributed by atoms with Crippen molar-refractivity contribution < 1.29 is 4.79 Å². The summed E-state index contributed by atoms with van der Waals surface area (Å²) in [7, 11) is 0. The molecule has 50 valence electrons. The van der Waals surface area contributed by atoms with E-state index in [4.69, 9.17) is 5.73 Å². The van der Waals surface area contributed by atoms with Gasteiger partial charge in [-0.25, -0.2) is 0 Å². The molecule has 1 saturated carbocycles. The quantitative estimate of drug-likeness (QED) is 0.550. The lowest BCUT2D eigenvalue weighted by molar-refractivity contribution is -0.117. The van der Waals surface area contributed by atoms with Gasteiger partial charge in [-0.15, -0.1) is 0 Å². The second-order valence-corrected chi connectivity index (χ2v) is 2.77. The molecule has 0 atom stereocenters. The molecule has 1 aliphatic carbocycles. The summed E-state index contributed by atoms with van der Waals surface area (Å²) >= 11 is 0. The Hall–Kier alpha value is -0.630. The minimum atomic E-state index is -0.508. The summed E-state index contributed by atoms with van der Waals surface area (Å²) < 4.78 is 0. The van der Waals surface area contributed by atoms with Crippen molar-refractivity contribution in [1.82, 2.24) is 0 Å². The fourth-order valence-electron chi connectivity index (χ4n) is 0.787. The van der Waals surface area contributed by atoms with E-state index in [0.717, 1.165) is 12.8 Å². The zero-order chi connectivity index (χ0) is 7.07. The summed E-state index contributed by atoms with van der Waals surface area (Å²) in [5, 5.41) is 0. The van der Waals surface area contributed by atoms with E-state index in [1.807, 2.05) is 0 Å². The molecular formula is C7H11NO. The van der Waals surface area contributed by atoms with Crippen LogP contribution < -0.4 is 5.73 Å². The minimum absolute atomic E-state index is 0.0301. The van der Waals surface area contributed by atoms with Crippen molar-refractivity contribution in [2.75, 3.05) is 0 Å². The highest BCUT2D eigenvalue weighted by Crippen LogP contribution is 2.34. The van der Waals surface area contributed by atoms with E-state index in [2.05, 4.69) is 6.58 Å². The first kappa shape index (κ1) is 6.49. The van der Waals surface area contributed by atoms with E-state index in [1.165, 1.54) is 0 Å². The first-order chi connectivity index (χ1) is 4.06. The molecule has 1 aliphatic rings. The van der Waals surface area contributed by atoms with Crippen molar-refractivity contribution in [2.24, 2.45) is 5.73 Å². The average molecular weight is 125 g/mol. The van der Waals surface area contributed by atoms with Gasteiger partial charge in [-0.05, 0) is 25.3 Å². The Kier molecular flexibility index (Phi) is 1.21. The van der Waals surface area contributed by atoms with E-state index in [9.17, 15) is 4.79 Å². The maximum atomic E-state index is 11.0. The van der Waals surface area contributed by atoms with Crippen molar-refractivity contribution in [3.8, 4) is 0 Å². The number of hydrogen-bond donors (Lipinski definition) is 1. The molecule has 0 amide bonds. The number of carbonyl (C=O) groups excluding carboxylic acids is 1. The van der Waals surface area contributed by atoms with Gasteiger partial charge in [-0.3, -0.25) is 4.79 Å². The fraction of sp³-hybridized carbons (Fsp3) is 0.571. The summed E-state index contributed by atoms with van der Waals surface area (Å²) in [4.78, 5) is 11.0. The molecule has 0 spiro atoms. The number of Topliss-reactive ketones (excluding diaryl/α,β-unsaturated/α-hetero) is 1. The van der Waals surface area contributed by atoms with Gasteiger partial charge in [0.25, 0.3) is 0 Å².